The number of hydrogen-bond acceptors (Lipinski definition) is 4. The van der Waals surface area contributed by atoms with Crippen LogP contribution in [0.4, 0.5) is 0 Å². The van der Waals surface area contributed by atoms with Crippen LogP contribution in [0.1, 0.15) is 44.4 Å². The second-order valence-corrected chi connectivity index (χ2v) is 8.20. The minimum absolute atomic E-state index is 0.201. The molecule has 0 saturated carbocycles. The third kappa shape index (κ3) is 3.61. The van der Waals surface area contributed by atoms with Gasteiger partial charge >= 0.3 is 0 Å². The second-order valence-electron chi connectivity index (χ2n) is 8.20. The van der Waals surface area contributed by atoms with Crippen molar-refractivity contribution in [3.8, 4) is 11.4 Å². The standard InChI is InChI=1S/C22H27N3O2/c1-16(2)8-9-19(26)25-11-10-22(14-25)15-27-13-18-12-23-21(24-20(18)22)17-6-4-3-5-7-17/h3-7,12,16H,8-11,13-15H2,1-2H3/t22-/m1/s1. The normalized spacial score (nSPS) is 21.7. The van der Waals surface area contributed by atoms with Gasteiger partial charge in [-0.25, -0.2) is 9.97 Å². The molecule has 5 nitrogen and oxygen atoms in total. The summed E-state index contributed by atoms with van der Waals surface area (Å²) in [5, 5.41) is 0. The fourth-order valence-corrected chi connectivity index (χ4v) is 4.09. The molecule has 142 valence electrons. The second kappa shape index (κ2) is 7.39. The summed E-state index contributed by atoms with van der Waals surface area (Å²) in [7, 11) is 0. The molecule has 1 aromatic heterocycles. The van der Waals surface area contributed by atoms with Crippen LogP contribution in [0, 0.1) is 5.92 Å². The number of carbonyl (C=O) groups is 1. The third-order valence-electron chi connectivity index (χ3n) is 5.68. The van der Waals surface area contributed by atoms with E-state index in [4.69, 9.17) is 9.72 Å². The molecule has 3 heterocycles. The number of fused-ring (bicyclic) bond motifs is 2. The zero-order valence-electron chi connectivity index (χ0n) is 16.1. The van der Waals surface area contributed by atoms with E-state index in [1.165, 1.54) is 0 Å². The average molecular weight is 365 g/mol. The van der Waals surface area contributed by atoms with Crippen molar-refractivity contribution in [2.75, 3.05) is 19.7 Å². The van der Waals surface area contributed by atoms with Crippen LogP contribution in [-0.2, 0) is 21.6 Å². The van der Waals surface area contributed by atoms with Gasteiger partial charge < -0.3 is 9.64 Å². The lowest BCUT2D eigenvalue weighted by atomic mass is 9.80. The predicted octanol–water partition coefficient (Wildman–Crippen LogP) is 3.58. The minimum atomic E-state index is -0.201. The molecule has 2 aliphatic heterocycles. The third-order valence-corrected chi connectivity index (χ3v) is 5.68. The minimum Gasteiger partial charge on any atom is -0.376 e. The van der Waals surface area contributed by atoms with Gasteiger partial charge in [-0.1, -0.05) is 44.2 Å². The number of rotatable bonds is 4. The molecule has 1 amide bonds. The summed E-state index contributed by atoms with van der Waals surface area (Å²) in [4.78, 5) is 24.1. The number of ether oxygens (including phenoxy) is 1. The van der Waals surface area contributed by atoms with Gasteiger partial charge in [0.15, 0.2) is 5.82 Å². The van der Waals surface area contributed by atoms with E-state index in [0.29, 0.717) is 32.1 Å². The van der Waals surface area contributed by atoms with Gasteiger partial charge in [-0.3, -0.25) is 4.79 Å². The molecule has 1 fully saturated rings. The Balaban J connectivity index is 1.60. The number of hydrogen-bond donors (Lipinski definition) is 0. The van der Waals surface area contributed by atoms with Gasteiger partial charge in [-0.15, -0.1) is 0 Å². The zero-order chi connectivity index (χ0) is 18.9. The van der Waals surface area contributed by atoms with Crippen LogP contribution in [0.15, 0.2) is 36.5 Å². The van der Waals surface area contributed by atoms with Gasteiger partial charge in [0.25, 0.3) is 0 Å². The average Bonchev–Trinajstić information content (AvgIpc) is 3.12. The van der Waals surface area contributed by atoms with Crippen molar-refractivity contribution in [3.63, 3.8) is 0 Å². The lowest BCUT2D eigenvalue weighted by Crippen LogP contribution is -2.41. The molecular weight excluding hydrogens is 338 g/mol. The molecule has 0 aliphatic carbocycles. The summed E-state index contributed by atoms with van der Waals surface area (Å²) >= 11 is 0. The molecule has 1 saturated heterocycles. The van der Waals surface area contributed by atoms with Gasteiger partial charge in [-0.05, 0) is 18.8 Å². The summed E-state index contributed by atoms with van der Waals surface area (Å²) < 4.78 is 5.89. The molecule has 4 rings (SSSR count). The van der Waals surface area contributed by atoms with Crippen LogP contribution in [0.5, 0.6) is 0 Å². The maximum atomic E-state index is 12.6. The smallest absolute Gasteiger partial charge is 0.222 e. The van der Waals surface area contributed by atoms with Crippen molar-refractivity contribution in [3.05, 3.63) is 47.8 Å². The fraction of sp³-hybridized carbons (Fsp3) is 0.500. The van der Waals surface area contributed by atoms with Crippen molar-refractivity contribution in [2.45, 2.75) is 45.1 Å². The number of nitrogens with zero attached hydrogens (tertiary/aromatic N) is 3. The Kier molecular flexibility index (Phi) is 4.96. The van der Waals surface area contributed by atoms with Gasteiger partial charge in [0.1, 0.15) is 0 Å². The van der Waals surface area contributed by atoms with Crippen LogP contribution < -0.4 is 0 Å². The Morgan fingerprint density at radius 2 is 2.11 bits per heavy atom. The predicted molar refractivity (Wildman–Crippen MR) is 104 cm³/mol. The highest BCUT2D eigenvalue weighted by Crippen LogP contribution is 2.39. The molecule has 0 N–H and O–H groups in total. The summed E-state index contributed by atoms with van der Waals surface area (Å²) in [5.74, 6) is 1.55. The number of aromatic nitrogens is 2. The zero-order valence-corrected chi connectivity index (χ0v) is 16.1. The summed E-state index contributed by atoms with van der Waals surface area (Å²) in [6.07, 6.45) is 4.36. The SMILES string of the molecule is CC(C)CCC(=O)N1CC[C@]2(COCc3cnc(-c4ccccc4)nc32)C1. The Morgan fingerprint density at radius 1 is 1.30 bits per heavy atom. The van der Waals surface area contributed by atoms with Crippen molar-refractivity contribution in [1.82, 2.24) is 14.9 Å². The van der Waals surface area contributed by atoms with E-state index in [2.05, 4.69) is 18.8 Å². The Morgan fingerprint density at radius 3 is 2.89 bits per heavy atom. The van der Waals surface area contributed by atoms with Crippen molar-refractivity contribution in [2.24, 2.45) is 5.92 Å². The first-order chi connectivity index (χ1) is 13.1. The van der Waals surface area contributed by atoms with Crippen LogP contribution in [0.2, 0.25) is 0 Å². The van der Waals surface area contributed by atoms with Crippen molar-refractivity contribution < 1.29 is 9.53 Å². The fourth-order valence-electron chi connectivity index (χ4n) is 4.09. The maximum Gasteiger partial charge on any atom is 0.222 e. The molecule has 5 heteroatoms. The Hall–Kier alpha value is -2.27. The number of amides is 1. The highest BCUT2D eigenvalue weighted by Gasteiger charge is 2.46. The molecule has 2 aliphatic rings. The maximum absolute atomic E-state index is 12.6. The van der Waals surface area contributed by atoms with Gasteiger partial charge in [-0.2, -0.15) is 0 Å². The molecule has 1 atom stereocenters. The van der Waals surface area contributed by atoms with Crippen LogP contribution in [0.25, 0.3) is 11.4 Å². The van der Waals surface area contributed by atoms with E-state index in [1.54, 1.807) is 0 Å². The van der Waals surface area contributed by atoms with Crippen molar-refractivity contribution >= 4 is 5.91 Å². The topological polar surface area (TPSA) is 55.3 Å². The molecular formula is C22H27N3O2. The van der Waals surface area contributed by atoms with Crippen LogP contribution in [-0.4, -0.2) is 40.5 Å². The highest BCUT2D eigenvalue weighted by atomic mass is 16.5. The van der Waals surface area contributed by atoms with E-state index in [9.17, 15) is 4.79 Å². The quantitative estimate of drug-likeness (QED) is 0.831. The summed E-state index contributed by atoms with van der Waals surface area (Å²) in [6.45, 7) is 6.97. The van der Waals surface area contributed by atoms with Gasteiger partial charge in [0.05, 0.1) is 24.3 Å². The molecule has 2 aromatic rings. The van der Waals surface area contributed by atoms with Crippen molar-refractivity contribution in [1.29, 1.82) is 0 Å². The molecule has 1 aromatic carbocycles. The summed E-state index contributed by atoms with van der Waals surface area (Å²) in [6, 6.07) is 10.1. The Labute approximate surface area is 160 Å². The lowest BCUT2D eigenvalue weighted by molar-refractivity contribution is -0.130. The highest BCUT2D eigenvalue weighted by molar-refractivity contribution is 5.76. The summed E-state index contributed by atoms with van der Waals surface area (Å²) in [5.41, 5.74) is 2.94. The van der Waals surface area contributed by atoms with E-state index in [0.717, 1.165) is 42.0 Å². The first-order valence-electron chi connectivity index (χ1n) is 9.85. The van der Waals surface area contributed by atoms with Crippen LogP contribution in [0.3, 0.4) is 0 Å². The van der Waals surface area contributed by atoms with Crippen LogP contribution >= 0.6 is 0 Å². The van der Waals surface area contributed by atoms with E-state index >= 15 is 0 Å². The number of benzene rings is 1. The Bertz CT molecular complexity index is 822. The lowest BCUT2D eigenvalue weighted by Gasteiger charge is -2.34. The number of carbonyl (C=O) groups excluding carboxylic acids is 1. The first kappa shape index (κ1) is 18.1. The van der Waals surface area contributed by atoms with Gasteiger partial charge in [0, 0.05) is 36.8 Å². The van der Waals surface area contributed by atoms with E-state index in [-0.39, 0.29) is 11.3 Å². The molecule has 0 unspecified atom stereocenters. The van der Waals surface area contributed by atoms with Gasteiger partial charge in [0.2, 0.25) is 5.91 Å². The molecule has 27 heavy (non-hydrogen) atoms. The van der Waals surface area contributed by atoms with E-state index in [1.807, 2.05) is 41.4 Å². The van der Waals surface area contributed by atoms with E-state index < -0.39 is 0 Å². The molecule has 0 bridgehead atoms. The first-order valence-corrected chi connectivity index (χ1v) is 9.85. The monoisotopic (exact) mass is 365 g/mol. The largest absolute Gasteiger partial charge is 0.376 e. The molecule has 0 radical (unpaired) electrons. The molecule has 1 spiro atoms. The number of likely N-dealkylation sites (tertiary alicyclic amines) is 1.